The number of halogens is 3. The minimum Gasteiger partial charge on any atom is -0.489 e. The van der Waals surface area contributed by atoms with Crippen molar-refractivity contribution >= 4 is 42.9 Å². The van der Waals surface area contributed by atoms with Gasteiger partial charge in [0.25, 0.3) is 9.05 Å². The topological polar surface area (TPSA) is 43.4 Å². The average molecular weight is 366 g/mol. The van der Waals surface area contributed by atoms with Gasteiger partial charge in [-0.2, -0.15) is 0 Å². The summed E-state index contributed by atoms with van der Waals surface area (Å²) < 4.78 is 28.2. The fourth-order valence-corrected chi connectivity index (χ4v) is 3.51. The largest absolute Gasteiger partial charge is 0.489 e. The van der Waals surface area contributed by atoms with Crippen molar-refractivity contribution in [1.29, 1.82) is 0 Å². The highest BCUT2D eigenvalue weighted by molar-refractivity contribution is 8.13. The van der Waals surface area contributed by atoms with Gasteiger partial charge in [0.15, 0.2) is 0 Å². The summed E-state index contributed by atoms with van der Waals surface area (Å²) in [5.41, 5.74) is 1.18. The highest BCUT2D eigenvalue weighted by Crippen LogP contribution is 2.28. The Morgan fingerprint density at radius 3 is 2.24 bits per heavy atom. The van der Waals surface area contributed by atoms with Crippen molar-refractivity contribution in [2.75, 3.05) is 0 Å². The molecular weight excluding hydrogens is 355 g/mol. The second-order valence-electron chi connectivity index (χ2n) is 4.35. The Morgan fingerprint density at radius 1 is 1.10 bits per heavy atom. The highest BCUT2D eigenvalue weighted by Gasteiger charge is 2.14. The molecule has 0 aromatic heterocycles. The van der Waals surface area contributed by atoms with E-state index in [0.717, 1.165) is 0 Å². The number of hydrogen-bond acceptors (Lipinski definition) is 3. The molecule has 0 bridgehead atoms. The van der Waals surface area contributed by atoms with E-state index in [0.29, 0.717) is 26.9 Å². The Bertz CT molecular complexity index is 753. The van der Waals surface area contributed by atoms with Crippen LogP contribution in [0.3, 0.4) is 0 Å². The molecule has 3 nitrogen and oxygen atoms in total. The third-order valence-corrected chi connectivity index (χ3v) is 5.04. The van der Waals surface area contributed by atoms with E-state index < -0.39 is 9.05 Å². The highest BCUT2D eigenvalue weighted by atomic mass is 35.7. The quantitative estimate of drug-likeness (QED) is 0.730. The van der Waals surface area contributed by atoms with Crippen molar-refractivity contribution in [3.05, 3.63) is 57.6 Å². The summed E-state index contributed by atoms with van der Waals surface area (Å²) in [5.74, 6) is 0.507. The van der Waals surface area contributed by atoms with Gasteiger partial charge in [0.2, 0.25) is 0 Å². The number of aryl methyl sites for hydroxylation is 1. The maximum Gasteiger partial charge on any atom is 0.261 e. The van der Waals surface area contributed by atoms with Crippen molar-refractivity contribution < 1.29 is 13.2 Å². The molecule has 7 heteroatoms. The van der Waals surface area contributed by atoms with Crippen LogP contribution in [-0.4, -0.2) is 8.42 Å². The zero-order valence-corrected chi connectivity index (χ0v) is 14.0. The first kappa shape index (κ1) is 16.4. The third-order valence-electron chi connectivity index (χ3n) is 2.85. The van der Waals surface area contributed by atoms with Crippen molar-refractivity contribution in [3.63, 3.8) is 0 Å². The van der Waals surface area contributed by atoms with Gasteiger partial charge in [0, 0.05) is 26.3 Å². The first-order valence-electron chi connectivity index (χ1n) is 5.90. The Kier molecular flexibility index (Phi) is 5.04. The van der Waals surface area contributed by atoms with E-state index in [9.17, 15) is 8.42 Å². The van der Waals surface area contributed by atoms with Gasteiger partial charge in [-0.15, -0.1) is 0 Å². The normalized spacial score (nSPS) is 11.4. The van der Waals surface area contributed by atoms with Crippen LogP contribution >= 0.6 is 33.9 Å². The summed E-state index contributed by atoms with van der Waals surface area (Å²) in [6.07, 6.45) is 0. The second-order valence-corrected chi connectivity index (χ2v) is 7.70. The maximum atomic E-state index is 11.3. The van der Waals surface area contributed by atoms with E-state index >= 15 is 0 Å². The fraction of sp³-hybridized carbons (Fsp3) is 0.143. The van der Waals surface area contributed by atoms with Gasteiger partial charge in [-0.1, -0.05) is 29.3 Å². The molecule has 0 atom stereocenters. The van der Waals surface area contributed by atoms with Gasteiger partial charge in [0.05, 0.1) is 4.90 Å². The first-order chi connectivity index (χ1) is 9.79. The predicted molar refractivity (Wildman–Crippen MR) is 85.0 cm³/mol. The van der Waals surface area contributed by atoms with Crippen LogP contribution in [0.1, 0.15) is 11.1 Å². The van der Waals surface area contributed by atoms with Crippen LogP contribution in [0.25, 0.3) is 0 Å². The zero-order chi connectivity index (χ0) is 15.6. The van der Waals surface area contributed by atoms with Gasteiger partial charge in [-0.3, -0.25) is 0 Å². The minimum absolute atomic E-state index is 0.0623. The van der Waals surface area contributed by atoms with E-state index in [1.54, 1.807) is 31.2 Å². The molecule has 21 heavy (non-hydrogen) atoms. The summed E-state index contributed by atoms with van der Waals surface area (Å²) in [5, 5.41) is 1.03. The van der Waals surface area contributed by atoms with Crippen LogP contribution in [0.4, 0.5) is 0 Å². The lowest BCUT2D eigenvalue weighted by molar-refractivity contribution is 0.306. The Hall–Kier alpha value is -0.940. The lowest BCUT2D eigenvalue weighted by Gasteiger charge is -2.11. The number of rotatable bonds is 4. The van der Waals surface area contributed by atoms with Gasteiger partial charge in [-0.25, -0.2) is 8.42 Å². The Balaban J connectivity index is 2.20. The minimum atomic E-state index is -3.76. The number of ether oxygens (including phenoxy) is 1. The molecule has 0 aliphatic rings. The molecule has 0 N–H and O–H groups in total. The molecule has 0 spiro atoms. The molecule has 2 rings (SSSR count). The average Bonchev–Trinajstić information content (AvgIpc) is 2.36. The summed E-state index contributed by atoms with van der Waals surface area (Å²) in [6, 6.07) is 9.73. The van der Waals surface area contributed by atoms with Gasteiger partial charge in [-0.05, 0) is 42.8 Å². The monoisotopic (exact) mass is 364 g/mol. The van der Waals surface area contributed by atoms with E-state index in [2.05, 4.69) is 0 Å². The molecule has 0 amide bonds. The van der Waals surface area contributed by atoms with Crippen molar-refractivity contribution in [2.45, 2.75) is 18.4 Å². The van der Waals surface area contributed by atoms with Gasteiger partial charge in [0.1, 0.15) is 12.4 Å². The first-order valence-corrected chi connectivity index (χ1v) is 8.96. The third kappa shape index (κ3) is 4.04. The van der Waals surface area contributed by atoms with Crippen molar-refractivity contribution in [3.8, 4) is 5.75 Å². The smallest absolute Gasteiger partial charge is 0.261 e. The van der Waals surface area contributed by atoms with Crippen LogP contribution in [0.15, 0.2) is 41.3 Å². The molecule has 2 aromatic rings. The van der Waals surface area contributed by atoms with E-state index in [1.165, 1.54) is 12.1 Å². The molecule has 2 aromatic carbocycles. The van der Waals surface area contributed by atoms with Crippen LogP contribution in [-0.2, 0) is 15.7 Å². The summed E-state index contributed by atoms with van der Waals surface area (Å²) >= 11 is 12.1. The molecule has 112 valence electrons. The zero-order valence-electron chi connectivity index (χ0n) is 10.9. The molecule has 0 heterocycles. The molecule has 0 fully saturated rings. The van der Waals surface area contributed by atoms with E-state index in [4.69, 9.17) is 38.6 Å². The van der Waals surface area contributed by atoms with Gasteiger partial charge >= 0.3 is 0 Å². The fourth-order valence-electron chi connectivity index (χ4n) is 1.81. The standard InChI is InChI=1S/C14H11Cl3O3S/c1-9-7-10(5-6-14(9)21(17,18)19)20-8-11-12(15)3-2-4-13(11)16/h2-7H,8H2,1H3. The van der Waals surface area contributed by atoms with E-state index in [1.807, 2.05) is 0 Å². The predicted octanol–water partition coefficient (Wildman–Crippen LogP) is 4.81. The van der Waals surface area contributed by atoms with Gasteiger partial charge < -0.3 is 4.74 Å². The molecule has 0 saturated heterocycles. The van der Waals surface area contributed by atoms with Crippen molar-refractivity contribution in [1.82, 2.24) is 0 Å². The molecule has 0 unspecified atom stereocenters. The molecule has 0 aliphatic carbocycles. The molecule has 0 saturated carbocycles. The molecular formula is C14H11Cl3O3S. The van der Waals surface area contributed by atoms with Crippen LogP contribution in [0.5, 0.6) is 5.75 Å². The number of hydrogen-bond donors (Lipinski definition) is 0. The molecule has 0 radical (unpaired) electrons. The second kappa shape index (κ2) is 6.44. The van der Waals surface area contributed by atoms with Crippen molar-refractivity contribution in [2.24, 2.45) is 0 Å². The Morgan fingerprint density at radius 2 is 1.71 bits per heavy atom. The summed E-state index contributed by atoms with van der Waals surface area (Å²) in [7, 11) is 1.57. The Labute approximate surface area is 137 Å². The summed E-state index contributed by atoms with van der Waals surface area (Å²) in [6.45, 7) is 1.83. The number of benzene rings is 2. The summed E-state index contributed by atoms with van der Waals surface area (Å²) in [4.78, 5) is 0.0623. The van der Waals surface area contributed by atoms with Crippen LogP contribution < -0.4 is 4.74 Å². The van der Waals surface area contributed by atoms with Crippen LogP contribution in [0, 0.1) is 6.92 Å². The van der Waals surface area contributed by atoms with E-state index in [-0.39, 0.29) is 11.5 Å². The molecule has 0 aliphatic heterocycles. The van der Waals surface area contributed by atoms with Crippen LogP contribution in [0.2, 0.25) is 10.0 Å². The lowest BCUT2D eigenvalue weighted by Crippen LogP contribution is -1.99. The lowest BCUT2D eigenvalue weighted by atomic mass is 10.2. The SMILES string of the molecule is Cc1cc(OCc2c(Cl)cccc2Cl)ccc1S(=O)(=O)Cl. The maximum absolute atomic E-state index is 11.3.